The van der Waals surface area contributed by atoms with E-state index in [1.807, 2.05) is 6.07 Å². The van der Waals surface area contributed by atoms with E-state index in [4.69, 9.17) is 15.5 Å². The predicted molar refractivity (Wildman–Crippen MR) is 105 cm³/mol. The van der Waals surface area contributed by atoms with Crippen molar-refractivity contribution in [1.29, 1.82) is 0 Å². The summed E-state index contributed by atoms with van der Waals surface area (Å²) in [7, 11) is 1.55. The van der Waals surface area contributed by atoms with E-state index in [0.29, 0.717) is 17.2 Å². The topological polar surface area (TPSA) is 68.5 Å². The van der Waals surface area contributed by atoms with Crippen molar-refractivity contribution in [3.05, 3.63) is 29.5 Å². The van der Waals surface area contributed by atoms with Crippen molar-refractivity contribution < 1.29 is 9.53 Å². The zero-order valence-electron chi connectivity index (χ0n) is 15.6. The summed E-state index contributed by atoms with van der Waals surface area (Å²) in [5.41, 5.74) is 6.70. The number of ether oxygens (including phenoxy) is 1. The molecular formula is C21H25N3O2. The van der Waals surface area contributed by atoms with Crippen LogP contribution in [0.5, 0.6) is 5.75 Å². The molecule has 0 spiro atoms. The number of primary amides is 1. The average molecular weight is 351 g/mol. The number of pyridine rings is 1. The van der Waals surface area contributed by atoms with E-state index in [9.17, 15) is 4.79 Å². The molecule has 1 unspecified atom stereocenters. The molecule has 5 heteroatoms. The zero-order valence-corrected chi connectivity index (χ0v) is 15.6. The second-order valence-corrected chi connectivity index (χ2v) is 6.70. The minimum Gasteiger partial charge on any atom is -0.496 e. The SMILES string of the molecule is CC#Cc1cnc(N2CCCC(CC)C2)c2cc(OC)c(C(N)=O)cc12. The Bertz CT molecular complexity index is 895. The molecule has 136 valence electrons. The first-order valence-corrected chi connectivity index (χ1v) is 9.07. The van der Waals surface area contributed by atoms with Crippen molar-refractivity contribution in [2.24, 2.45) is 11.7 Å². The summed E-state index contributed by atoms with van der Waals surface area (Å²) in [6.07, 6.45) is 5.39. The molecular weight excluding hydrogens is 326 g/mol. The van der Waals surface area contributed by atoms with Gasteiger partial charge in [0.1, 0.15) is 11.6 Å². The zero-order chi connectivity index (χ0) is 18.7. The summed E-state index contributed by atoms with van der Waals surface area (Å²) in [4.78, 5) is 18.9. The Morgan fingerprint density at radius 1 is 1.42 bits per heavy atom. The van der Waals surface area contributed by atoms with Crippen LogP contribution in [0.3, 0.4) is 0 Å². The Kier molecular flexibility index (Phi) is 5.32. The summed E-state index contributed by atoms with van der Waals surface area (Å²) >= 11 is 0. The second kappa shape index (κ2) is 7.65. The van der Waals surface area contributed by atoms with Gasteiger partial charge in [-0.2, -0.15) is 0 Å². The molecule has 3 rings (SSSR count). The van der Waals surface area contributed by atoms with Crippen LogP contribution >= 0.6 is 0 Å². The van der Waals surface area contributed by atoms with Crippen LogP contribution in [-0.2, 0) is 0 Å². The Morgan fingerprint density at radius 3 is 2.88 bits per heavy atom. The third-order valence-electron chi connectivity index (χ3n) is 5.11. The molecule has 26 heavy (non-hydrogen) atoms. The fraction of sp³-hybridized carbons (Fsp3) is 0.429. The number of hydrogen-bond acceptors (Lipinski definition) is 4. The molecule has 5 nitrogen and oxygen atoms in total. The lowest BCUT2D eigenvalue weighted by atomic mass is 9.95. The number of rotatable bonds is 4. The average Bonchev–Trinajstić information content (AvgIpc) is 2.67. The molecule has 0 radical (unpaired) electrons. The van der Waals surface area contributed by atoms with Crippen molar-refractivity contribution in [2.75, 3.05) is 25.1 Å². The summed E-state index contributed by atoms with van der Waals surface area (Å²) in [6, 6.07) is 3.65. The highest BCUT2D eigenvalue weighted by Crippen LogP contribution is 2.35. The van der Waals surface area contributed by atoms with E-state index in [-0.39, 0.29) is 0 Å². The number of nitrogens with zero attached hydrogens (tertiary/aromatic N) is 2. The molecule has 2 aromatic rings. The molecule has 1 aromatic heterocycles. The second-order valence-electron chi connectivity index (χ2n) is 6.70. The molecule has 0 aliphatic carbocycles. The maximum atomic E-state index is 11.8. The monoisotopic (exact) mass is 351 g/mol. The number of nitrogens with two attached hydrogens (primary N) is 1. The van der Waals surface area contributed by atoms with Gasteiger partial charge in [-0.3, -0.25) is 4.79 Å². The number of anilines is 1. The predicted octanol–water partition coefficient (Wildman–Crippen LogP) is 3.34. The van der Waals surface area contributed by atoms with E-state index >= 15 is 0 Å². The maximum Gasteiger partial charge on any atom is 0.252 e. The molecule has 0 saturated carbocycles. The molecule has 0 bridgehead atoms. The van der Waals surface area contributed by atoms with Gasteiger partial charge in [0.15, 0.2) is 0 Å². The Hall–Kier alpha value is -2.74. The van der Waals surface area contributed by atoms with Crippen LogP contribution in [0.15, 0.2) is 18.3 Å². The van der Waals surface area contributed by atoms with E-state index in [1.165, 1.54) is 12.8 Å². The van der Waals surface area contributed by atoms with Crippen molar-refractivity contribution in [3.63, 3.8) is 0 Å². The van der Waals surface area contributed by atoms with Crippen LogP contribution in [0.4, 0.5) is 5.82 Å². The van der Waals surface area contributed by atoms with Gasteiger partial charge in [0.2, 0.25) is 0 Å². The number of methoxy groups -OCH3 is 1. The smallest absolute Gasteiger partial charge is 0.252 e. The number of piperidine rings is 1. The summed E-state index contributed by atoms with van der Waals surface area (Å²) in [5.74, 6) is 7.56. The highest BCUT2D eigenvalue weighted by molar-refractivity contribution is 6.05. The van der Waals surface area contributed by atoms with Crippen LogP contribution in [0.2, 0.25) is 0 Å². The van der Waals surface area contributed by atoms with Crippen LogP contribution in [-0.4, -0.2) is 31.1 Å². The molecule has 1 aliphatic rings. The van der Waals surface area contributed by atoms with Gasteiger partial charge in [-0.05, 0) is 37.8 Å². The third kappa shape index (κ3) is 3.32. The van der Waals surface area contributed by atoms with Gasteiger partial charge in [0.25, 0.3) is 5.91 Å². The summed E-state index contributed by atoms with van der Waals surface area (Å²) < 4.78 is 5.42. The fourth-order valence-corrected chi connectivity index (χ4v) is 3.69. The summed E-state index contributed by atoms with van der Waals surface area (Å²) in [5, 5.41) is 1.83. The Morgan fingerprint density at radius 2 is 2.23 bits per heavy atom. The highest BCUT2D eigenvalue weighted by atomic mass is 16.5. The first-order chi connectivity index (χ1) is 12.6. The lowest BCUT2D eigenvalue weighted by molar-refractivity contribution is 0.0997. The normalized spacial score (nSPS) is 16.9. The van der Waals surface area contributed by atoms with Crippen molar-refractivity contribution in [1.82, 2.24) is 4.98 Å². The first-order valence-electron chi connectivity index (χ1n) is 9.07. The molecule has 1 aliphatic heterocycles. The van der Waals surface area contributed by atoms with Crippen LogP contribution in [0.25, 0.3) is 10.8 Å². The van der Waals surface area contributed by atoms with Crippen molar-refractivity contribution in [3.8, 4) is 17.6 Å². The van der Waals surface area contributed by atoms with Gasteiger partial charge in [-0.25, -0.2) is 4.98 Å². The molecule has 2 N–H and O–H groups in total. The largest absolute Gasteiger partial charge is 0.496 e. The van der Waals surface area contributed by atoms with Crippen LogP contribution < -0.4 is 15.4 Å². The third-order valence-corrected chi connectivity index (χ3v) is 5.11. The standard InChI is InChI=1S/C21H25N3O2/c1-4-7-15-12-23-21(24-9-6-8-14(5-2)13-24)17-11-19(26-3)18(20(22)25)10-16(15)17/h10-12,14H,5-6,8-9,13H2,1-3H3,(H2,22,25). The lowest BCUT2D eigenvalue weighted by Gasteiger charge is -2.34. The molecule has 1 atom stereocenters. The quantitative estimate of drug-likeness (QED) is 0.858. The highest BCUT2D eigenvalue weighted by Gasteiger charge is 2.23. The molecule has 2 heterocycles. The number of hydrogen-bond donors (Lipinski definition) is 1. The van der Waals surface area contributed by atoms with Crippen molar-refractivity contribution >= 4 is 22.5 Å². The molecule has 1 fully saturated rings. The molecule has 1 amide bonds. The minimum atomic E-state index is -0.512. The number of carbonyl (C=O) groups excluding carboxylic acids is 1. The van der Waals surface area contributed by atoms with E-state index in [1.54, 1.807) is 26.3 Å². The summed E-state index contributed by atoms with van der Waals surface area (Å²) in [6.45, 7) is 6.01. The van der Waals surface area contributed by atoms with E-state index < -0.39 is 5.91 Å². The maximum absolute atomic E-state index is 11.8. The Balaban J connectivity index is 2.22. The van der Waals surface area contributed by atoms with Gasteiger partial charge in [0, 0.05) is 30.1 Å². The molecule has 1 aromatic carbocycles. The van der Waals surface area contributed by atoms with Gasteiger partial charge in [-0.15, -0.1) is 5.92 Å². The first kappa shape index (κ1) is 18.1. The number of amides is 1. The number of fused-ring (bicyclic) bond motifs is 1. The van der Waals surface area contributed by atoms with Crippen LogP contribution in [0, 0.1) is 17.8 Å². The van der Waals surface area contributed by atoms with Crippen LogP contribution in [0.1, 0.15) is 49.0 Å². The van der Waals surface area contributed by atoms with Gasteiger partial charge in [0.05, 0.1) is 18.2 Å². The number of benzene rings is 1. The Labute approximate surface area is 154 Å². The minimum absolute atomic E-state index is 0.362. The van der Waals surface area contributed by atoms with Crippen molar-refractivity contribution in [2.45, 2.75) is 33.1 Å². The van der Waals surface area contributed by atoms with Gasteiger partial charge >= 0.3 is 0 Å². The number of aromatic nitrogens is 1. The fourth-order valence-electron chi connectivity index (χ4n) is 3.69. The van der Waals surface area contributed by atoms with Gasteiger partial charge < -0.3 is 15.4 Å². The van der Waals surface area contributed by atoms with E-state index in [0.717, 1.165) is 41.7 Å². The van der Waals surface area contributed by atoms with E-state index in [2.05, 4.69) is 23.7 Å². The van der Waals surface area contributed by atoms with Gasteiger partial charge in [-0.1, -0.05) is 19.3 Å². The lowest BCUT2D eigenvalue weighted by Crippen LogP contribution is -2.35. The number of carbonyl (C=O) groups is 1. The molecule has 1 saturated heterocycles.